The fraction of sp³-hybridized carbons (Fsp3) is 1.00. The summed E-state index contributed by atoms with van der Waals surface area (Å²) in [4.78, 5) is 0. The third kappa shape index (κ3) is 2.69. The van der Waals surface area contributed by atoms with Gasteiger partial charge in [0.15, 0.2) is 0 Å². The van der Waals surface area contributed by atoms with Gasteiger partial charge in [0.1, 0.15) is 0 Å². The van der Waals surface area contributed by atoms with Crippen LogP contribution in [-0.4, -0.2) is 36.5 Å². The van der Waals surface area contributed by atoms with Crippen LogP contribution in [0.3, 0.4) is 0 Å². The number of hydrogen-bond donors (Lipinski definition) is 2. The van der Waals surface area contributed by atoms with Gasteiger partial charge in [0.25, 0.3) is 0 Å². The normalized spacial score (nSPS) is 31.9. The molecule has 0 aromatic heterocycles. The van der Waals surface area contributed by atoms with Crippen LogP contribution in [0.1, 0.15) is 38.5 Å². The topological polar surface area (TPSA) is 41.5 Å². The SMILES string of the molecule is OC1(CNC2CCCOC2)CCCC1. The lowest BCUT2D eigenvalue weighted by Gasteiger charge is -2.28. The second-order valence-electron chi connectivity index (χ2n) is 4.73. The Balaban J connectivity index is 1.70. The predicted molar refractivity (Wildman–Crippen MR) is 55.3 cm³/mol. The van der Waals surface area contributed by atoms with E-state index in [0.717, 1.165) is 39.0 Å². The Bertz CT molecular complexity index is 172. The van der Waals surface area contributed by atoms with E-state index in [0.29, 0.717) is 6.04 Å². The van der Waals surface area contributed by atoms with E-state index in [1.165, 1.54) is 19.3 Å². The Morgan fingerprint density at radius 1 is 1.29 bits per heavy atom. The molecular weight excluding hydrogens is 178 g/mol. The number of aliphatic hydroxyl groups is 1. The fourth-order valence-electron chi connectivity index (χ4n) is 2.45. The van der Waals surface area contributed by atoms with Crippen molar-refractivity contribution in [1.29, 1.82) is 0 Å². The van der Waals surface area contributed by atoms with Crippen molar-refractivity contribution in [1.82, 2.24) is 5.32 Å². The van der Waals surface area contributed by atoms with Gasteiger partial charge in [0.05, 0.1) is 12.2 Å². The van der Waals surface area contributed by atoms with Crippen molar-refractivity contribution in [2.24, 2.45) is 0 Å². The zero-order valence-electron chi connectivity index (χ0n) is 8.80. The third-order valence-electron chi connectivity index (χ3n) is 3.41. The molecule has 2 fully saturated rings. The average molecular weight is 199 g/mol. The Labute approximate surface area is 85.8 Å². The van der Waals surface area contributed by atoms with Crippen LogP contribution in [0.5, 0.6) is 0 Å². The second-order valence-corrected chi connectivity index (χ2v) is 4.73. The largest absolute Gasteiger partial charge is 0.389 e. The summed E-state index contributed by atoms with van der Waals surface area (Å²) in [5, 5.41) is 13.5. The molecular formula is C11H21NO2. The summed E-state index contributed by atoms with van der Waals surface area (Å²) < 4.78 is 5.39. The standard InChI is InChI=1S/C11H21NO2/c13-11(5-1-2-6-11)9-12-10-4-3-7-14-8-10/h10,12-13H,1-9H2. The highest BCUT2D eigenvalue weighted by molar-refractivity contribution is 4.87. The van der Waals surface area contributed by atoms with E-state index >= 15 is 0 Å². The molecule has 0 amide bonds. The van der Waals surface area contributed by atoms with Gasteiger partial charge in [-0.2, -0.15) is 0 Å². The maximum absolute atomic E-state index is 10.1. The van der Waals surface area contributed by atoms with E-state index in [1.807, 2.05) is 0 Å². The summed E-state index contributed by atoms with van der Waals surface area (Å²) in [6, 6.07) is 0.466. The first-order valence-corrected chi connectivity index (χ1v) is 5.82. The first-order chi connectivity index (χ1) is 6.79. The van der Waals surface area contributed by atoms with Gasteiger partial charge in [0.2, 0.25) is 0 Å². The summed E-state index contributed by atoms with van der Waals surface area (Å²) in [7, 11) is 0. The molecule has 1 saturated carbocycles. The Hall–Kier alpha value is -0.120. The van der Waals surface area contributed by atoms with Gasteiger partial charge in [-0.05, 0) is 25.7 Å². The van der Waals surface area contributed by atoms with Crippen LogP contribution in [0.25, 0.3) is 0 Å². The number of nitrogens with one attached hydrogen (secondary N) is 1. The Morgan fingerprint density at radius 3 is 2.71 bits per heavy atom. The van der Waals surface area contributed by atoms with Gasteiger partial charge >= 0.3 is 0 Å². The summed E-state index contributed by atoms with van der Waals surface area (Å²) in [6.07, 6.45) is 6.63. The molecule has 1 heterocycles. The fourth-order valence-corrected chi connectivity index (χ4v) is 2.45. The molecule has 2 N–H and O–H groups in total. The van der Waals surface area contributed by atoms with Crippen LogP contribution < -0.4 is 5.32 Å². The molecule has 0 spiro atoms. The summed E-state index contributed by atoms with van der Waals surface area (Å²) in [6.45, 7) is 2.47. The van der Waals surface area contributed by atoms with Crippen LogP contribution in [0.4, 0.5) is 0 Å². The zero-order chi connectivity index (χ0) is 9.86. The maximum atomic E-state index is 10.1. The molecule has 1 atom stereocenters. The molecule has 0 aromatic rings. The van der Waals surface area contributed by atoms with E-state index in [9.17, 15) is 5.11 Å². The zero-order valence-corrected chi connectivity index (χ0v) is 8.80. The van der Waals surface area contributed by atoms with Crippen molar-refractivity contribution in [2.75, 3.05) is 19.8 Å². The summed E-state index contributed by atoms with van der Waals surface area (Å²) >= 11 is 0. The van der Waals surface area contributed by atoms with Crippen molar-refractivity contribution in [3.05, 3.63) is 0 Å². The Morgan fingerprint density at radius 2 is 2.07 bits per heavy atom. The van der Waals surface area contributed by atoms with E-state index in [2.05, 4.69) is 5.32 Å². The first kappa shape index (κ1) is 10.4. The maximum Gasteiger partial charge on any atom is 0.0771 e. The smallest absolute Gasteiger partial charge is 0.0771 e. The molecule has 1 saturated heterocycles. The molecule has 2 rings (SSSR count). The quantitative estimate of drug-likeness (QED) is 0.714. The lowest BCUT2D eigenvalue weighted by atomic mass is 10.0. The van der Waals surface area contributed by atoms with Crippen molar-refractivity contribution < 1.29 is 9.84 Å². The van der Waals surface area contributed by atoms with Crippen LogP contribution in [0.2, 0.25) is 0 Å². The molecule has 0 bridgehead atoms. The summed E-state index contributed by atoms with van der Waals surface area (Å²) in [5.74, 6) is 0. The lowest BCUT2D eigenvalue weighted by Crippen LogP contribution is -2.45. The minimum Gasteiger partial charge on any atom is -0.389 e. The minimum absolute atomic E-state index is 0.419. The van der Waals surface area contributed by atoms with E-state index in [1.54, 1.807) is 0 Å². The molecule has 3 heteroatoms. The van der Waals surface area contributed by atoms with Crippen molar-refractivity contribution in [3.8, 4) is 0 Å². The molecule has 0 aromatic carbocycles. The van der Waals surface area contributed by atoms with Crippen molar-refractivity contribution in [3.63, 3.8) is 0 Å². The molecule has 0 radical (unpaired) electrons. The van der Waals surface area contributed by atoms with Crippen LogP contribution in [-0.2, 0) is 4.74 Å². The summed E-state index contributed by atoms with van der Waals surface area (Å²) in [5.41, 5.74) is -0.419. The van der Waals surface area contributed by atoms with Gasteiger partial charge in [-0.25, -0.2) is 0 Å². The van der Waals surface area contributed by atoms with Crippen molar-refractivity contribution >= 4 is 0 Å². The third-order valence-corrected chi connectivity index (χ3v) is 3.41. The molecule has 1 aliphatic heterocycles. The first-order valence-electron chi connectivity index (χ1n) is 5.82. The lowest BCUT2D eigenvalue weighted by molar-refractivity contribution is 0.0273. The predicted octanol–water partition coefficient (Wildman–Crippen LogP) is 1.06. The molecule has 14 heavy (non-hydrogen) atoms. The number of hydrogen-bond acceptors (Lipinski definition) is 3. The molecule has 2 aliphatic rings. The highest BCUT2D eigenvalue weighted by atomic mass is 16.5. The monoisotopic (exact) mass is 199 g/mol. The van der Waals surface area contributed by atoms with E-state index in [-0.39, 0.29) is 0 Å². The average Bonchev–Trinajstić information content (AvgIpc) is 2.65. The second kappa shape index (κ2) is 4.60. The van der Waals surface area contributed by atoms with E-state index in [4.69, 9.17) is 4.74 Å². The van der Waals surface area contributed by atoms with Crippen LogP contribution in [0, 0.1) is 0 Å². The highest BCUT2D eigenvalue weighted by Crippen LogP contribution is 2.28. The van der Waals surface area contributed by atoms with Gasteiger partial charge < -0.3 is 15.2 Å². The van der Waals surface area contributed by atoms with Crippen LogP contribution in [0.15, 0.2) is 0 Å². The Kier molecular flexibility index (Phi) is 3.42. The van der Waals surface area contributed by atoms with Gasteiger partial charge in [-0.1, -0.05) is 12.8 Å². The van der Waals surface area contributed by atoms with E-state index < -0.39 is 5.60 Å². The van der Waals surface area contributed by atoms with Gasteiger partial charge in [0, 0.05) is 19.2 Å². The van der Waals surface area contributed by atoms with Crippen LogP contribution >= 0.6 is 0 Å². The van der Waals surface area contributed by atoms with Gasteiger partial charge in [-0.3, -0.25) is 0 Å². The molecule has 82 valence electrons. The van der Waals surface area contributed by atoms with Gasteiger partial charge in [-0.15, -0.1) is 0 Å². The number of ether oxygens (including phenoxy) is 1. The molecule has 3 nitrogen and oxygen atoms in total. The number of rotatable bonds is 3. The molecule has 1 aliphatic carbocycles. The minimum atomic E-state index is -0.419. The van der Waals surface area contributed by atoms with Crippen molar-refractivity contribution in [2.45, 2.75) is 50.2 Å². The molecule has 1 unspecified atom stereocenters. The highest BCUT2D eigenvalue weighted by Gasteiger charge is 2.31.